The average molecular weight is 515 g/mol. The molecule has 2 aromatic rings. The molecule has 1 fully saturated rings. The van der Waals surface area contributed by atoms with Crippen LogP contribution in [0.4, 0.5) is 5.82 Å². The number of aromatic nitrogens is 2. The standard InChI is InChI=1S/C26H38N6O4.CH4/c1-4-19-10-12-32(13-11-19)23(33)15-31-14-22(28-18-31)30-24(34)21(29-25(35)26(2,3)27)17-36-16-20-8-6-5-7-9-20;/h5-9,14,18-19,21H,4,10-13,15-17,27H2,1-3H3,(H,29,35)(H,30,34);1H4/t21-;/m1./s1. The van der Waals surface area contributed by atoms with Gasteiger partial charge >= 0.3 is 0 Å². The number of ether oxygens (including phenoxy) is 1. The number of hydrogen-bond acceptors (Lipinski definition) is 6. The number of amides is 3. The summed E-state index contributed by atoms with van der Waals surface area (Å²) in [5.74, 6) is 0.0446. The molecule has 3 amide bonds. The molecule has 10 nitrogen and oxygen atoms in total. The van der Waals surface area contributed by atoms with Crippen LogP contribution in [0.1, 0.15) is 53.0 Å². The summed E-state index contributed by atoms with van der Waals surface area (Å²) in [7, 11) is 0. The Labute approximate surface area is 219 Å². The molecule has 37 heavy (non-hydrogen) atoms. The molecular formula is C27H42N6O4. The van der Waals surface area contributed by atoms with E-state index in [0.29, 0.717) is 12.5 Å². The van der Waals surface area contributed by atoms with Crippen molar-refractivity contribution in [2.75, 3.05) is 25.0 Å². The number of nitrogens with two attached hydrogens (primary N) is 1. The highest BCUT2D eigenvalue weighted by Gasteiger charge is 2.29. The number of piperidine rings is 1. The molecule has 0 unspecified atom stereocenters. The lowest BCUT2D eigenvalue weighted by atomic mass is 9.94. The van der Waals surface area contributed by atoms with Crippen LogP contribution in [0.2, 0.25) is 0 Å². The minimum atomic E-state index is -1.16. The number of carbonyl (C=O) groups is 3. The third-order valence-electron chi connectivity index (χ3n) is 6.35. The summed E-state index contributed by atoms with van der Waals surface area (Å²) in [5, 5.41) is 5.36. The summed E-state index contributed by atoms with van der Waals surface area (Å²) in [6.07, 6.45) is 6.33. The van der Waals surface area contributed by atoms with Gasteiger partial charge < -0.3 is 30.6 Å². The molecule has 0 aliphatic carbocycles. The lowest BCUT2D eigenvalue weighted by Gasteiger charge is -2.31. The zero-order valence-corrected chi connectivity index (χ0v) is 21.4. The lowest BCUT2D eigenvalue weighted by Crippen LogP contribution is -2.56. The van der Waals surface area contributed by atoms with E-state index in [1.807, 2.05) is 35.2 Å². The Balaban J connectivity index is 0.00000481. The Morgan fingerprint density at radius 3 is 2.49 bits per heavy atom. The van der Waals surface area contributed by atoms with Crippen molar-refractivity contribution in [3.05, 3.63) is 48.4 Å². The van der Waals surface area contributed by atoms with Crippen LogP contribution in [0.15, 0.2) is 42.9 Å². The van der Waals surface area contributed by atoms with Gasteiger partial charge in [0.05, 0.1) is 25.1 Å². The zero-order chi connectivity index (χ0) is 26.1. The van der Waals surface area contributed by atoms with E-state index in [1.54, 1.807) is 24.6 Å². The number of carbonyl (C=O) groups excluding carboxylic acids is 3. The highest BCUT2D eigenvalue weighted by Crippen LogP contribution is 2.20. The maximum atomic E-state index is 13.0. The van der Waals surface area contributed by atoms with E-state index in [9.17, 15) is 14.4 Å². The molecule has 0 bridgehead atoms. The van der Waals surface area contributed by atoms with Crippen LogP contribution in [-0.4, -0.2) is 63.4 Å². The maximum absolute atomic E-state index is 13.0. The quantitative estimate of drug-likeness (QED) is 0.422. The second-order valence-corrected chi connectivity index (χ2v) is 9.90. The van der Waals surface area contributed by atoms with E-state index >= 15 is 0 Å². The van der Waals surface area contributed by atoms with Crippen molar-refractivity contribution in [3.8, 4) is 0 Å². The highest BCUT2D eigenvalue weighted by molar-refractivity contribution is 5.98. The predicted molar refractivity (Wildman–Crippen MR) is 143 cm³/mol. The molecule has 0 spiro atoms. The van der Waals surface area contributed by atoms with Gasteiger partial charge in [-0.25, -0.2) is 4.98 Å². The Hall–Kier alpha value is -3.24. The summed E-state index contributed by atoms with van der Waals surface area (Å²) in [4.78, 5) is 44.2. The highest BCUT2D eigenvalue weighted by atomic mass is 16.5. The smallest absolute Gasteiger partial charge is 0.250 e. The minimum absolute atomic E-state index is 0. The summed E-state index contributed by atoms with van der Waals surface area (Å²) in [5.41, 5.74) is 5.68. The van der Waals surface area contributed by atoms with Gasteiger partial charge in [0.2, 0.25) is 11.8 Å². The van der Waals surface area contributed by atoms with Crippen molar-refractivity contribution in [2.45, 2.75) is 72.2 Å². The first-order valence-electron chi connectivity index (χ1n) is 12.5. The summed E-state index contributed by atoms with van der Waals surface area (Å²) in [6.45, 7) is 7.26. The number of anilines is 1. The molecule has 1 aromatic heterocycles. The van der Waals surface area contributed by atoms with Crippen LogP contribution in [0.3, 0.4) is 0 Å². The fourth-order valence-corrected chi connectivity index (χ4v) is 3.97. The molecule has 0 radical (unpaired) electrons. The monoisotopic (exact) mass is 514 g/mol. The number of nitrogens with one attached hydrogen (secondary N) is 2. The Morgan fingerprint density at radius 1 is 1.19 bits per heavy atom. The number of benzene rings is 1. The average Bonchev–Trinajstić information content (AvgIpc) is 3.29. The van der Waals surface area contributed by atoms with Crippen LogP contribution >= 0.6 is 0 Å². The zero-order valence-electron chi connectivity index (χ0n) is 21.4. The first-order chi connectivity index (χ1) is 17.2. The molecule has 1 aliphatic rings. The number of hydrogen-bond donors (Lipinski definition) is 3. The van der Waals surface area contributed by atoms with Crippen molar-refractivity contribution in [1.29, 1.82) is 0 Å². The molecule has 10 heteroatoms. The first-order valence-corrected chi connectivity index (χ1v) is 12.5. The molecule has 4 N–H and O–H groups in total. The fraction of sp³-hybridized carbons (Fsp3) is 0.556. The van der Waals surface area contributed by atoms with Crippen LogP contribution in [-0.2, 0) is 32.3 Å². The Morgan fingerprint density at radius 2 is 1.86 bits per heavy atom. The van der Waals surface area contributed by atoms with Crippen molar-refractivity contribution in [1.82, 2.24) is 19.8 Å². The van der Waals surface area contributed by atoms with Gasteiger partial charge in [-0.15, -0.1) is 0 Å². The van der Waals surface area contributed by atoms with E-state index in [2.05, 4.69) is 22.5 Å². The molecule has 3 rings (SSSR count). The van der Waals surface area contributed by atoms with Crippen LogP contribution in [0.5, 0.6) is 0 Å². The molecule has 1 saturated heterocycles. The number of likely N-dealkylation sites (tertiary alicyclic amines) is 1. The largest absolute Gasteiger partial charge is 0.374 e. The summed E-state index contributed by atoms with van der Waals surface area (Å²) < 4.78 is 7.35. The van der Waals surface area contributed by atoms with E-state index in [4.69, 9.17) is 10.5 Å². The second-order valence-electron chi connectivity index (χ2n) is 9.90. The number of nitrogens with zero attached hydrogens (tertiary/aromatic N) is 3. The summed E-state index contributed by atoms with van der Waals surface area (Å²) in [6, 6.07) is 8.55. The minimum Gasteiger partial charge on any atom is -0.374 e. The van der Waals surface area contributed by atoms with Crippen molar-refractivity contribution < 1.29 is 19.1 Å². The number of rotatable bonds is 11. The lowest BCUT2D eigenvalue weighted by molar-refractivity contribution is -0.133. The van der Waals surface area contributed by atoms with E-state index in [0.717, 1.165) is 37.9 Å². The van der Waals surface area contributed by atoms with Gasteiger partial charge in [-0.2, -0.15) is 0 Å². The molecular weight excluding hydrogens is 472 g/mol. The van der Waals surface area contributed by atoms with Gasteiger partial charge in [0.25, 0.3) is 5.91 Å². The molecule has 204 valence electrons. The first kappa shape index (κ1) is 30.0. The third kappa shape index (κ3) is 9.29. The van der Waals surface area contributed by atoms with Gasteiger partial charge in [-0.3, -0.25) is 14.4 Å². The fourth-order valence-electron chi connectivity index (χ4n) is 3.97. The van der Waals surface area contributed by atoms with Crippen molar-refractivity contribution in [2.24, 2.45) is 11.7 Å². The van der Waals surface area contributed by atoms with E-state index in [1.165, 1.54) is 6.33 Å². The van der Waals surface area contributed by atoms with Gasteiger partial charge in [-0.05, 0) is 38.2 Å². The van der Waals surface area contributed by atoms with Crippen LogP contribution in [0.25, 0.3) is 0 Å². The Bertz CT molecular complexity index is 1010. The SMILES string of the molecule is C.CCC1CCN(C(=O)Cn2cnc(NC(=O)[C@@H](COCc3ccccc3)NC(=O)C(C)(C)N)c2)CC1. The van der Waals surface area contributed by atoms with Crippen LogP contribution in [0, 0.1) is 5.92 Å². The number of imidazole rings is 1. The van der Waals surface area contributed by atoms with Gasteiger partial charge in [0.1, 0.15) is 12.6 Å². The second kappa shape index (κ2) is 13.9. The van der Waals surface area contributed by atoms with Crippen molar-refractivity contribution in [3.63, 3.8) is 0 Å². The van der Waals surface area contributed by atoms with Gasteiger partial charge in [0, 0.05) is 19.3 Å². The molecule has 2 heterocycles. The Kier molecular flexibility index (Phi) is 11.3. The predicted octanol–water partition coefficient (Wildman–Crippen LogP) is 2.55. The maximum Gasteiger partial charge on any atom is 0.250 e. The topological polar surface area (TPSA) is 132 Å². The molecule has 1 aromatic carbocycles. The van der Waals surface area contributed by atoms with E-state index in [-0.39, 0.29) is 32.3 Å². The van der Waals surface area contributed by atoms with Crippen LogP contribution < -0.4 is 16.4 Å². The molecule has 0 saturated carbocycles. The van der Waals surface area contributed by atoms with Gasteiger partial charge in [-0.1, -0.05) is 51.1 Å². The molecule has 1 aliphatic heterocycles. The van der Waals surface area contributed by atoms with Gasteiger partial charge in [0.15, 0.2) is 5.82 Å². The molecule has 1 atom stereocenters. The summed E-state index contributed by atoms with van der Waals surface area (Å²) >= 11 is 0. The normalized spacial score (nSPS) is 15.0. The third-order valence-corrected chi connectivity index (χ3v) is 6.35. The van der Waals surface area contributed by atoms with E-state index < -0.39 is 23.4 Å². The van der Waals surface area contributed by atoms with Crippen molar-refractivity contribution >= 4 is 23.5 Å².